The van der Waals surface area contributed by atoms with Gasteiger partial charge in [0.25, 0.3) is 0 Å². The van der Waals surface area contributed by atoms with Crippen molar-refractivity contribution in [2.24, 2.45) is 0 Å². The Bertz CT molecular complexity index is 462. The van der Waals surface area contributed by atoms with E-state index in [-0.39, 0.29) is 11.8 Å². The Kier molecular flexibility index (Phi) is 5.16. The molecule has 0 spiro atoms. The highest BCUT2D eigenvalue weighted by Gasteiger charge is 2.29. The molecule has 0 aromatic heterocycles. The summed E-state index contributed by atoms with van der Waals surface area (Å²) in [6.45, 7) is 5.64. The zero-order chi connectivity index (χ0) is 14.0. The highest BCUT2D eigenvalue weighted by molar-refractivity contribution is 7.90. The normalized spacial score (nSPS) is 20.4. The zero-order valence-corrected chi connectivity index (χ0v) is 12.7. The van der Waals surface area contributed by atoms with Crippen molar-refractivity contribution in [1.82, 2.24) is 9.03 Å². The molecule has 1 heterocycles. The van der Waals surface area contributed by atoms with Gasteiger partial charge in [-0.15, -0.1) is 0 Å². The van der Waals surface area contributed by atoms with Crippen molar-refractivity contribution in [3.63, 3.8) is 0 Å². The van der Waals surface area contributed by atoms with Gasteiger partial charge in [-0.05, 0) is 33.6 Å². The van der Waals surface area contributed by atoms with Gasteiger partial charge >= 0.3 is 0 Å². The molecule has 0 bridgehead atoms. The first-order valence-corrected chi connectivity index (χ1v) is 9.33. The molecule has 0 unspecified atom stereocenters. The molecule has 8 heteroatoms. The number of rotatable bonds is 5. The van der Waals surface area contributed by atoms with E-state index in [0.29, 0.717) is 25.9 Å². The van der Waals surface area contributed by atoms with E-state index in [4.69, 9.17) is 0 Å². The standard InChI is InChI=1S/C10H22N2O4S2/c1-4-17(13,14)12-7-5-10(6-8-12)11-18(15,16)9(2)3/h9-11H,4-8H2,1-3H3. The average Bonchev–Trinajstić information content (AvgIpc) is 2.29. The second-order valence-electron chi connectivity index (χ2n) is 4.79. The smallest absolute Gasteiger partial charge is 0.212 e. The Morgan fingerprint density at radius 3 is 2.06 bits per heavy atom. The van der Waals surface area contributed by atoms with Gasteiger partial charge < -0.3 is 0 Å². The highest BCUT2D eigenvalue weighted by atomic mass is 32.2. The van der Waals surface area contributed by atoms with Crippen LogP contribution in [0, 0.1) is 0 Å². The molecule has 0 amide bonds. The number of piperidine rings is 1. The van der Waals surface area contributed by atoms with Crippen molar-refractivity contribution in [2.45, 2.75) is 44.9 Å². The molecule has 1 N–H and O–H groups in total. The Morgan fingerprint density at radius 2 is 1.67 bits per heavy atom. The van der Waals surface area contributed by atoms with Crippen LogP contribution >= 0.6 is 0 Å². The molecular weight excluding hydrogens is 276 g/mol. The lowest BCUT2D eigenvalue weighted by molar-refractivity contribution is 0.308. The van der Waals surface area contributed by atoms with Gasteiger partial charge in [-0.3, -0.25) is 0 Å². The van der Waals surface area contributed by atoms with Gasteiger partial charge in [-0.2, -0.15) is 0 Å². The summed E-state index contributed by atoms with van der Waals surface area (Å²) < 4.78 is 50.7. The van der Waals surface area contributed by atoms with E-state index in [1.54, 1.807) is 20.8 Å². The Balaban J connectivity index is 2.56. The molecule has 1 aliphatic rings. The largest absolute Gasteiger partial charge is 0.214 e. The number of hydrogen-bond acceptors (Lipinski definition) is 4. The molecule has 0 aromatic rings. The summed E-state index contributed by atoms with van der Waals surface area (Å²) in [5.74, 6) is 0.0926. The molecule has 0 radical (unpaired) electrons. The van der Waals surface area contributed by atoms with E-state index < -0.39 is 25.3 Å². The van der Waals surface area contributed by atoms with Gasteiger partial charge in [0.15, 0.2) is 0 Å². The maximum absolute atomic E-state index is 11.7. The van der Waals surface area contributed by atoms with Crippen molar-refractivity contribution < 1.29 is 16.8 Å². The molecule has 18 heavy (non-hydrogen) atoms. The number of sulfonamides is 2. The zero-order valence-electron chi connectivity index (χ0n) is 11.1. The SMILES string of the molecule is CCS(=O)(=O)N1CCC(NS(=O)(=O)C(C)C)CC1. The fourth-order valence-electron chi connectivity index (χ4n) is 1.80. The van der Waals surface area contributed by atoms with E-state index >= 15 is 0 Å². The van der Waals surface area contributed by atoms with Crippen molar-refractivity contribution >= 4 is 20.0 Å². The third-order valence-corrected chi connectivity index (χ3v) is 6.95. The molecular formula is C10H22N2O4S2. The average molecular weight is 298 g/mol. The van der Waals surface area contributed by atoms with E-state index in [0.717, 1.165) is 0 Å². The lowest BCUT2D eigenvalue weighted by Gasteiger charge is -2.31. The first-order chi connectivity index (χ1) is 8.19. The van der Waals surface area contributed by atoms with Crippen molar-refractivity contribution in [2.75, 3.05) is 18.8 Å². The Labute approximate surface area is 110 Å². The van der Waals surface area contributed by atoms with Crippen LogP contribution < -0.4 is 4.72 Å². The number of hydrogen-bond donors (Lipinski definition) is 1. The maximum Gasteiger partial charge on any atom is 0.214 e. The van der Waals surface area contributed by atoms with Crippen LogP contribution in [0.3, 0.4) is 0 Å². The highest BCUT2D eigenvalue weighted by Crippen LogP contribution is 2.15. The Hall–Kier alpha value is -0.180. The summed E-state index contributed by atoms with van der Waals surface area (Å²) in [6.07, 6.45) is 1.07. The van der Waals surface area contributed by atoms with Crippen LogP contribution in [-0.2, 0) is 20.0 Å². The van der Waals surface area contributed by atoms with E-state index in [1.165, 1.54) is 4.31 Å². The quantitative estimate of drug-likeness (QED) is 0.782. The molecule has 1 aliphatic heterocycles. The summed E-state index contributed by atoms with van der Waals surface area (Å²) in [6, 6.07) is -0.152. The number of nitrogens with zero attached hydrogens (tertiary/aromatic N) is 1. The lowest BCUT2D eigenvalue weighted by Crippen LogP contribution is -2.48. The van der Waals surface area contributed by atoms with Crippen LogP contribution in [0.2, 0.25) is 0 Å². The Morgan fingerprint density at radius 1 is 1.17 bits per heavy atom. The minimum atomic E-state index is -3.27. The monoisotopic (exact) mass is 298 g/mol. The third kappa shape index (κ3) is 3.91. The first-order valence-electron chi connectivity index (χ1n) is 6.18. The third-order valence-electron chi connectivity index (χ3n) is 3.16. The molecule has 0 atom stereocenters. The minimum Gasteiger partial charge on any atom is -0.212 e. The topological polar surface area (TPSA) is 83.6 Å². The summed E-state index contributed by atoms with van der Waals surface area (Å²) >= 11 is 0. The minimum absolute atomic E-state index is 0.0926. The van der Waals surface area contributed by atoms with Crippen LogP contribution in [0.4, 0.5) is 0 Å². The van der Waals surface area contributed by atoms with Gasteiger partial charge in [0.05, 0.1) is 11.0 Å². The van der Waals surface area contributed by atoms with E-state index in [2.05, 4.69) is 4.72 Å². The van der Waals surface area contributed by atoms with Crippen molar-refractivity contribution in [3.8, 4) is 0 Å². The summed E-state index contributed by atoms with van der Waals surface area (Å²) in [5, 5.41) is -0.463. The van der Waals surface area contributed by atoms with Gasteiger partial charge in [-0.25, -0.2) is 25.9 Å². The summed E-state index contributed by atoms with van der Waals surface area (Å²) in [4.78, 5) is 0. The van der Waals surface area contributed by atoms with Crippen LogP contribution in [0.5, 0.6) is 0 Å². The van der Waals surface area contributed by atoms with Crippen LogP contribution in [0.1, 0.15) is 33.6 Å². The second kappa shape index (κ2) is 5.85. The summed E-state index contributed by atoms with van der Waals surface area (Å²) in [5.41, 5.74) is 0. The summed E-state index contributed by atoms with van der Waals surface area (Å²) in [7, 11) is -6.42. The van der Waals surface area contributed by atoms with Crippen molar-refractivity contribution in [1.29, 1.82) is 0 Å². The van der Waals surface area contributed by atoms with E-state index in [1.807, 2.05) is 0 Å². The maximum atomic E-state index is 11.7. The second-order valence-corrected chi connectivity index (χ2v) is 9.31. The molecule has 1 rings (SSSR count). The van der Waals surface area contributed by atoms with E-state index in [9.17, 15) is 16.8 Å². The molecule has 0 saturated carbocycles. The van der Waals surface area contributed by atoms with Crippen molar-refractivity contribution in [3.05, 3.63) is 0 Å². The van der Waals surface area contributed by atoms with Gasteiger partial charge in [0.2, 0.25) is 20.0 Å². The van der Waals surface area contributed by atoms with Gasteiger partial charge in [0.1, 0.15) is 0 Å². The molecule has 0 aromatic carbocycles. The van der Waals surface area contributed by atoms with Gasteiger partial charge in [-0.1, -0.05) is 0 Å². The van der Waals surface area contributed by atoms with Crippen LogP contribution in [0.15, 0.2) is 0 Å². The van der Waals surface area contributed by atoms with Crippen LogP contribution in [0.25, 0.3) is 0 Å². The number of nitrogens with one attached hydrogen (secondary N) is 1. The predicted octanol–water partition coefficient (Wildman–Crippen LogP) is 0.128. The predicted molar refractivity (Wildman–Crippen MR) is 71.2 cm³/mol. The molecule has 1 fully saturated rings. The molecule has 108 valence electrons. The first kappa shape index (κ1) is 15.9. The lowest BCUT2D eigenvalue weighted by atomic mass is 10.1. The van der Waals surface area contributed by atoms with Gasteiger partial charge in [0, 0.05) is 19.1 Å². The van der Waals surface area contributed by atoms with Crippen LogP contribution in [-0.4, -0.2) is 51.3 Å². The fraction of sp³-hybridized carbons (Fsp3) is 1.00. The fourth-order valence-corrected chi connectivity index (χ4v) is 3.91. The molecule has 0 aliphatic carbocycles. The molecule has 1 saturated heterocycles. The molecule has 6 nitrogen and oxygen atoms in total.